The smallest absolute Gasteiger partial charge is 0.463 e. The molecule has 0 N–H and O–H groups in total. The summed E-state index contributed by atoms with van der Waals surface area (Å²) in [7, 11) is 1.84. The third-order valence-corrected chi connectivity index (χ3v) is 4.93. The predicted molar refractivity (Wildman–Crippen MR) is 113 cm³/mol. The Morgan fingerprint density at radius 3 is 1.77 bits per heavy atom. The van der Waals surface area contributed by atoms with E-state index in [1.807, 2.05) is 80.4 Å². The molecule has 0 saturated heterocycles. The third-order valence-electron chi connectivity index (χ3n) is 4.93. The van der Waals surface area contributed by atoms with Gasteiger partial charge in [0, 0.05) is 18.4 Å². The minimum atomic E-state index is -0.478. The molecule has 1 aliphatic heterocycles. The summed E-state index contributed by atoms with van der Waals surface area (Å²) in [5.74, 6) is -1.28. The Bertz CT molecular complexity index is 804. The maximum atomic E-state index is 12.6. The van der Waals surface area contributed by atoms with Crippen LogP contribution in [-0.4, -0.2) is 37.1 Å². The number of carbonyl (C=O) groups is 2. The molecule has 0 amide bonds. The number of carbonyl (C=O) groups excluding carboxylic acids is 2. The molecular weight excluding hydrogens is 422 g/mol. The number of ether oxygens (including phenoxy) is 2. The van der Waals surface area contributed by atoms with Crippen molar-refractivity contribution in [2.75, 3.05) is 20.3 Å². The van der Waals surface area contributed by atoms with Crippen LogP contribution in [0.5, 0.6) is 0 Å². The van der Waals surface area contributed by atoms with E-state index in [4.69, 9.17) is 9.47 Å². The van der Waals surface area contributed by atoms with Crippen molar-refractivity contribution in [1.82, 2.24) is 4.90 Å². The van der Waals surface area contributed by atoms with E-state index in [1.165, 1.54) is 0 Å². The largest absolute Gasteiger partial charge is 2.00 e. The number of nitrogens with zero attached hydrogens (tertiary/aromatic N) is 1. The van der Waals surface area contributed by atoms with Gasteiger partial charge in [-0.1, -0.05) is 0 Å². The van der Waals surface area contributed by atoms with Crippen LogP contribution in [0.3, 0.4) is 0 Å². The van der Waals surface area contributed by atoms with Gasteiger partial charge in [-0.25, -0.2) is 27.8 Å². The van der Waals surface area contributed by atoms with Crippen LogP contribution < -0.4 is 0 Å². The van der Waals surface area contributed by atoms with Crippen LogP contribution in [-0.2, 0) is 36.1 Å². The summed E-state index contributed by atoms with van der Waals surface area (Å²) in [4.78, 5) is 27.1. The summed E-state index contributed by atoms with van der Waals surface area (Å²) < 4.78 is 10.5. The maximum Gasteiger partial charge on any atom is 2.00 e. The molecule has 3 rings (SSSR count). The molecule has 0 fully saturated rings. The number of hydrogen-bond donors (Lipinski definition) is 0. The second-order valence-corrected chi connectivity index (χ2v) is 6.61. The van der Waals surface area contributed by atoms with Crippen LogP contribution >= 0.6 is 0 Å². The summed E-state index contributed by atoms with van der Waals surface area (Å²) in [5, 5.41) is 0. The summed E-state index contributed by atoms with van der Waals surface area (Å²) in [6, 6.07) is 17.6. The molecule has 2 aromatic carbocycles. The molecule has 0 unspecified atom stereocenters. The van der Waals surface area contributed by atoms with Gasteiger partial charge in [0.15, 0.2) is 0 Å². The maximum absolute atomic E-state index is 12.6. The Morgan fingerprint density at radius 2 is 1.43 bits per heavy atom. The number of rotatable bonds is 5. The van der Waals surface area contributed by atoms with Crippen LogP contribution in [0.15, 0.2) is 77.1 Å². The van der Waals surface area contributed by atoms with Gasteiger partial charge in [0.2, 0.25) is 0 Å². The van der Waals surface area contributed by atoms with Crippen molar-refractivity contribution in [2.45, 2.75) is 33.6 Å². The average Bonchev–Trinajstić information content (AvgIpc) is 3.42. The van der Waals surface area contributed by atoms with Crippen LogP contribution in [0.2, 0.25) is 0 Å². The summed E-state index contributed by atoms with van der Waals surface area (Å²) in [6.07, 6.45) is 0. The van der Waals surface area contributed by atoms with Gasteiger partial charge in [0.25, 0.3) is 0 Å². The first-order valence-corrected chi connectivity index (χ1v) is 9.81. The Labute approximate surface area is 189 Å². The van der Waals surface area contributed by atoms with Gasteiger partial charge >= 0.3 is 29.0 Å². The van der Waals surface area contributed by atoms with Gasteiger partial charge in [-0.15, -0.1) is 0 Å². The van der Waals surface area contributed by atoms with Crippen molar-refractivity contribution in [3.05, 3.63) is 82.7 Å². The minimum Gasteiger partial charge on any atom is -0.463 e. The quantitative estimate of drug-likeness (QED) is 0.381. The van der Waals surface area contributed by atoms with Crippen LogP contribution in [0.1, 0.15) is 39.2 Å². The van der Waals surface area contributed by atoms with E-state index >= 15 is 0 Å². The predicted octanol–water partition coefficient (Wildman–Crippen LogP) is 4.51. The van der Waals surface area contributed by atoms with Crippen molar-refractivity contribution in [3.63, 3.8) is 0 Å². The second-order valence-electron chi connectivity index (χ2n) is 6.61. The molecule has 0 saturated carbocycles. The van der Waals surface area contributed by atoms with Crippen LogP contribution in [0.4, 0.5) is 0 Å². The molecule has 0 aromatic heterocycles. The van der Waals surface area contributed by atoms with Gasteiger partial charge in [0.1, 0.15) is 0 Å². The van der Waals surface area contributed by atoms with Gasteiger partial charge in [-0.3, -0.25) is 0 Å². The monoisotopic (exact) mass is 451 g/mol. The first-order valence-electron chi connectivity index (χ1n) is 9.81. The fraction of sp³-hybridized carbons (Fsp3) is 0.333. The Hall–Kier alpha value is -2.56. The van der Waals surface area contributed by atoms with Crippen LogP contribution in [0.25, 0.3) is 0 Å². The molecule has 5 nitrogen and oxygen atoms in total. The fourth-order valence-electron chi connectivity index (χ4n) is 3.36. The summed E-state index contributed by atoms with van der Waals surface area (Å²) >= 11 is 0. The zero-order valence-electron chi connectivity index (χ0n) is 18.1. The van der Waals surface area contributed by atoms with Gasteiger partial charge in [0.05, 0.1) is 24.4 Å². The summed E-state index contributed by atoms with van der Waals surface area (Å²) in [6.45, 7) is 7.84. The molecule has 162 valence electrons. The standard InChI is InChI=1S/C19H24NO4.C5H5.Fe/c1-6-23-18(21)15-12(3)20(5)13(4)16(19(22)24-7-2)17(15)14-10-8-9-11-14;1-2-4-5-3-1;/h8-11,17H,6-7H2,1-5H3;1-5H;/q2*-1;+2. The van der Waals surface area contributed by atoms with E-state index in [-0.39, 0.29) is 30.3 Å². The van der Waals surface area contributed by atoms with Gasteiger partial charge in [-0.2, -0.15) is 42.0 Å². The van der Waals surface area contributed by atoms with Crippen molar-refractivity contribution >= 4 is 11.9 Å². The van der Waals surface area contributed by atoms with E-state index in [1.54, 1.807) is 13.8 Å². The zero-order valence-corrected chi connectivity index (χ0v) is 19.2. The fourth-order valence-corrected chi connectivity index (χ4v) is 3.36. The second kappa shape index (κ2) is 12.2. The van der Waals surface area contributed by atoms with Gasteiger partial charge < -0.3 is 14.4 Å². The normalized spacial score (nSPS) is 14.0. The minimum absolute atomic E-state index is 0. The zero-order chi connectivity index (χ0) is 21.4. The Balaban J connectivity index is 0.000000655. The van der Waals surface area contributed by atoms with E-state index in [9.17, 15) is 9.59 Å². The van der Waals surface area contributed by atoms with E-state index in [0.717, 1.165) is 17.0 Å². The number of hydrogen-bond acceptors (Lipinski definition) is 5. The molecular formula is C24H29FeNO4. The van der Waals surface area contributed by atoms with E-state index < -0.39 is 17.9 Å². The van der Waals surface area contributed by atoms with Crippen molar-refractivity contribution in [1.29, 1.82) is 0 Å². The average molecular weight is 451 g/mol. The first-order chi connectivity index (χ1) is 13.9. The first kappa shape index (κ1) is 25.5. The van der Waals surface area contributed by atoms with Crippen molar-refractivity contribution in [3.8, 4) is 0 Å². The SMILES string of the molecule is CCOC(=O)C1=C(C)N(C)C(C)=C(C(=O)OCC)C1c1cc[cH-]c1.[Fe+2].c1cc[cH-]c1. The molecule has 30 heavy (non-hydrogen) atoms. The van der Waals surface area contributed by atoms with Crippen LogP contribution in [0, 0.1) is 0 Å². The number of allylic oxidation sites excluding steroid dienone is 2. The third kappa shape index (κ3) is 5.74. The van der Waals surface area contributed by atoms with E-state index in [0.29, 0.717) is 11.1 Å². The molecule has 1 aliphatic rings. The van der Waals surface area contributed by atoms with Crippen molar-refractivity contribution in [2.24, 2.45) is 0 Å². The van der Waals surface area contributed by atoms with Crippen molar-refractivity contribution < 1.29 is 36.1 Å². The van der Waals surface area contributed by atoms with Gasteiger partial charge in [-0.05, 0) is 33.6 Å². The molecule has 1 heterocycles. The molecule has 6 heteroatoms. The van der Waals surface area contributed by atoms with E-state index in [2.05, 4.69) is 0 Å². The Kier molecular flexibility index (Phi) is 10.4. The number of esters is 2. The summed E-state index contributed by atoms with van der Waals surface area (Å²) in [5.41, 5.74) is 3.42. The molecule has 2 aromatic rings. The molecule has 0 bridgehead atoms. The molecule has 0 spiro atoms. The molecule has 0 aliphatic carbocycles. The topological polar surface area (TPSA) is 55.8 Å². The Morgan fingerprint density at radius 1 is 0.933 bits per heavy atom. The molecule has 0 radical (unpaired) electrons. The molecule has 0 atom stereocenters.